The van der Waals surface area contributed by atoms with Gasteiger partial charge in [0, 0.05) is 18.0 Å². The van der Waals surface area contributed by atoms with Crippen molar-refractivity contribution in [2.45, 2.75) is 83.7 Å². The van der Waals surface area contributed by atoms with Gasteiger partial charge in [0.2, 0.25) is 5.91 Å². The molecule has 0 bridgehead atoms. The molecule has 2 atom stereocenters. The number of hydrogen-bond donors (Lipinski definition) is 2. The third-order valence-corrected chi connectivity index (χ3v) is 4.22. The van der Waals surface area contributed by atoms with Crippen LogP contribution in [0.2, 0.25) is 0 Å². The highest BCUT2D eigenvalue weighted by Gasteiger charge is 2.30. The first-order chi connectivity index (χ1) is 8.45. The van der Waals surface area contributed by atoms with Crippen LogP contribution in [0, 0.1) is 5.92 Å². The molecular weight excluding hydrogens is 224 g/mol. The summed E-state index contributed by atoms with van der Waals surface area (Å²) in [6.45, 7) is 6.51. The van der Waals surface area contributed by atoms with Crippen molar-refractivity contribution < 1.29 is 4.79 Å². The lowest BCUT2D eigenvalue weighted by Crippen LogP contribution is -2.47. The Morgan fingerprint density at radius 1 is 1.28 bits per heavy atom. The Labute approximate surface area is 112 Å². The van der Waals surface area contributed by atoms with E-state index in [9.17, 15) is 4.79 Å². The van der Waals surface area contributed by atoms with Crippen LogP contribution >= 0.6 is 0 Å². The summed E-state index contributed by atoms with van der Waals surface area (Å²) in [7, 11) is 0. The van der Waals surface area contributed by atoms with Crippen LogP contribution in [0.5, 0.6) is 0 Å². The molecule has 106 valence electrons. The molecular formula is C15H30N2O. The zero-order chi connectivity index (χ0) is 13.6. The van der Waals surface area contributed by atoms with Crippen molar-refractivity contribution in [2.24, 2.45) is 11.7 Å². The maximum Gasteiger partial charge on any atom is 0.222 e. The first-order valence-corrected chi connectivity index (χ1v) is 7.53. The second kappa shape index (κ2) is 7.13. The molecule has 0 radical (unpaired) electrons. The number of carbonyl (C=O) groups is 1. The minimum Gasteiger partial charge on any atom is -0.354 e. The molecule has 18 heavy (non-hydrogen) atoms. The van der Waals surface area contributed by atoms with E-state index in [1.54, 1.807) is 0 Å². The minimum absolute atomic E-state index is 0.134. The fourth-order valence-corrected chi connectivity index (χ4v) is 2.91. The number of hydrogen-bond acceptors (Lipinski definition) is 2. The molecule has 1 amide bonds. The predicted octanol–water partition coefficient (Wildman–Crippen LogP) is 2.98. The molecule has 2 unspecified atom stereocenters. The summed E-state index contributed by atoms with van der Waals surface area (Å²) in [5.74, 6) is 0.803. The molecule has 1 aliphatic rings. The summed E-state index contributed by atoms with van der Waals surface area (Å²) in [5, 5.41) is 3.10. The zero-order valence-electron chi connectivity index (χ0n) is 12.3. The van der Waals surface area contributed by atoms with E-state index in [2.05, 4.69) is 26.1 Å². The third-order valence-electron chi connectivity index (χ3n) is 4.22. The molecule has 1 fully saturated rings. The summed E-state index contributed by atoms with van der Waals surface area (Å²) < 4.78 is 0. The topological polar surface area (TPSA) is 55.1 Å². The largest absolute Gasteiger partial charge is 0.354 e. The van der Waals surface area contributed by atoms with Crippen LogP contribution < -0.4 is 11.1 Å². The van der Waals surface area contributed by atoms with Crippen molar-refractivity contribution in [1.82, 2.24) is 5.32 Å². The molecule has 0 aromatic heterocycles. The van der Waals surface area contributed by atoms with Gasteiger partial charge in [-0.1, -0.05) is 39.5 Å². The van der Waals surface area contributed by atoms with E-state index >= 15 is 0 Å². The van der Waals surface area contributed by atoms with Gasteiger partial charge in [0.25, 0.3) is 0 Å². The van der Waals surface area contributed by atoms with Gasteiger partial charge in [-0.05, 0) is 32.1 Å². The lowest BCUT2D eigenvalue weighted by atomic mass is 9.80. The van der Waals surface area contributed by atoms with E-state index in [-0.39, 0.29) is 17.5 Å². The van der Waals surface area contributed by atoms with Crippen molar-refractivity contribution >= 4 is 5.91 Å². The van der Waals surface area contributed by atoms with Crippen LogP contribution in [0.15, 0.2) is 0 Å². The van der Waals surface area contributed by atoms with E-state index in [1.165, 1.54) is 25.7 Å². The zero-order valence-corrected chi connectivity index (χ0v) is 12.3. The predicted molar refractivity (Wildman–Crippen MR) is 76.3 cm³/mol. The normalized spacial score (nSPS) is 22.2. The first kappa shape index (κ1) is 15.5. The average molecular weight is 254 g/mol. The van der Waals surface area contributed by atoms with Crippen molar-refractivity contribution in [1.29, 1.82) is 0 Å². The van der Waals surface area contributed by atoms with Gasteiger partial charge < -0.3 is 11.1 Å². The van der Waals surface area contributed by atoms with E-state index < -0.39 is 0 Å². The molecule has 0 heterocycles. The quantitative estimate of drug-likeness (QED) is 0.765. The van der Waals surface area contributed by atoms with E-state index in [1.807, 2.05) is 0 Å². The van der Waals surface area contributed by atoms with Gasteiger partial charge in [-0.2, -0.15) is 0 Å². The number of carbonyl (C=O) groups excluding carboxylic acids is 1. The highest BCUT2D eigenvalue weighted by Crippen LogP contribution is 2.28. The van der Waals surface area contributed by atoms with Crippen molar-refractivity contribution in [3.63, 3.8) is 0 Å². The Kier molecular flexibility index (Phi) is 6.13. The fraction of sp³-hybridized carbons (Fsp3) is 0.933. The van der Waals surface area contributed by atoms with Crippen LogP contribution in [0.3, 0.4) is 0 Å². The van der Waals surface area contributed by atoms with Crippen LogP contribution in [0.1, 0.15) is 72.1 Å². The summed E-state index contributed by atoms with van der Waals surface area (Å²) in [6.07, 6.45) is 8.34. The van der Waals surface area contributed by atoms with Crippen LogP contribution in [-0.2, 0) is 4.79 Å². The van der Waals surface area contributed by atoms with Crippen LogP contribution in [0.4, 0.5) is 0 Å². The molecule has 1 rings (SSSR count). The Bertz CT molecular complexity index is 259. The molecule has 3 N–H and O–H groups in total. The molecule has 0 aromatic carbocycles. The lowest BCUT2D eigenvalue weighted by molar-refractivity contribution is -0.123. The Balaban J connectivity index is 2.31. The number of rotatable bonds is 6. The molecule has 1 aliphatic carbocycles. The molecule has 3 heteroatoms. The summed E-state index contributed by atoms with van der Waals surface area (Å²) in [5.41, 5.74) is 6.06. The summed E-state index contributed by atoms with van der Waals surface area (Å²) in [6, 6.07) is 0.264. The highest BCUT2D eigenvalue weighted by atomic mass is 16.1. The van der Waals surface area contributed by atoms with Crippen molar-refractivity contribution in [3.8, 4) is 0 Å². The van der Waals surface area contributed by atoms with E-state index in [4.69, 9.17) is 5.73 Å². The number of nitrogens with one attached hydrogen (secondary N) is 1. The standard InChI is InChI=1S/C15H30N2O/c1-4-12(2)10-13(3)17-14(18)11-15(16)8-6-5-7-9-15/h12-13H,4-11,16H2,1-3H3,(H,17,18). The number of nitrogens with two attached hydrogens (primary N) is 1. The van der Waals surface area contributed by atoms with Crippen LogP contribution in [-0.4, -0.2) is 17.5 Å². The summed E-state index contributed by atoms with van der Waals surface area (Å²) in [4.78, 5) is 12.0. The van der Waals surface area contributed by atoms with Gasteiger partial charge in [-0.3, -0.25) is 4.79 Å². The van der Waals surface area contributed by atoms with Gasteiger partial charge >= 0.3 is 0 Å². The Morgan fingerprint density at radius 3 is 2.44 bits per heavy atom. The van der Waals surface area contributed by atoms with Crippen molar-refractivity contribution in [3.05, 3.63) is 0 Å². The number of amides is 1. The average Bonchev–Trinajstić information content (AvgIpc) is 2.28. The minimum atomic E-state index is -0.238. The molecule has 3 nitrogen and oxygen atoms in total. The maximum atomic E-state index is 12.0. The molecule has 1 saturated carbocycles. The van der Waals surface area contributed by atoms with Crippen molar-refractivity contribution in [2.75, 3.05) is 0 Å². The van der Waals surface area contributed by atoms with Gasteiger partial charge in [-0.15, -0.1) is 0 Å². The monoisotopic (exact) mass is 254 g/mol. The fourth-order valence-electron chi connectivity index (χ4n) is 2.91. The van der Waals surface area contributed by atoms with Gasteiger partial charge in [-0.25, -0.2) is 0 Å². The second-order valence-corrected chi connectivity index (χ2v) is 6.32. The smallest absolute Gasteiger partial charge is 0.222 e. The van der Waals surface area contributed by atoms with E-state index in [0.29, 0.717) is 12.3 Å². The lowest BCUT2D eigenvalue weighted by Gasteiger charge is -2.33. The van der Waals surface area contributed by atoms with Crippen LogP contribution in [0.25, 0.3) is 0 Å². The SMILES string of the molecule is CCC(C)CC(C)NC(=O)CC1(N)CCCCC1. The van der Waals surface area contributed by atoms with Gasteiger partial charge in [0.05, 0.1) is 0 Å². The van der Waals surface area contributed by atoms with Gasteiger partial charge in [0.15, 0.2) is 0 Å². The van der Waals surface area contributed by atoms with Gasteiger partial charge in [0.1, 0.15) is 0 Å². The molecule has 0 saturated heterocycles. The molecule has 0 aliphatic heterocycles. The maximum absolute atomic E-state index is 12.0. The third kappa shape index (κ3) is 5.38. The summed E-state index contributed by atoms with van der Waals surface area (Å²) >= 11 is 0. The molecule has 0 aromatic rings. The van der Waals surface area contributed by atoms with E-state index in [0.717, 1.165) is 19.3 Å². The Morgan fingerprint density at radius 2 is 1.89 bits per heavy atom. The molecule has 0 spiro atoms. The second-order valence-electron chi connectivity index (χ2n) is 6.32. The Hall–Kier alpha value is -0.570. The highest BCUT2D eigenvalue weighted by molar-refractivity contribution is 5.77. The first-order valence-electron chi connectivity index (χ1n) is 7.53.